The van der Waals surface area contributed by atoms with Crippen LogP contribution in [0.5, 0.6) is 17.2 Å². The molecule has 0 atom stereocenters. The molecule has 0 aliphatic carbocycles. The Morgan fingerprint density at radius 1 is 1.17 bits per heavy atom. The fourth-order valence-corrected chi connectivity index (χ4v) is 3.99. The zero-order valence-corrected chi connectivity index (χ0v) is 16.7. The van der Waals surface area contributed by atoms with Crippen LogP contribution in [0.2, 0.25) is 0 Å². The van der Waals surface area contributed by atoms with Gasteiger partial charge >= 0.3 is 0 Å². The van der Waals surface area contributed by atoms with Crippen molar-refractivity contribution in [3.8, 4) is 17.2 Å². The van der Waals surface area contributed by atoms with Crippen LogP contribution in [-0.2, 0) is 19.4 Å². The van der Waals surface area contributed by atoms with E-state index in [-0.39, 0.29) is 29.5 Å². The van der Waals surface area contributed by atoms with E-state index >= 15 is 0 Å². The van der Waals surface area contributed by atoms with Gasteiger partial charge in [0.05, 0.1) is 36.2 Å². The lowest BCUT2D eigenvalue weighted by Gasteiger charge is -2.18. The fourth-order valence-electron chi connectivity index (χ4n) is 2.73. The van der Waals surface area contributed by atoms with E-state index in [9.17, 15) is 18.0 Å². The second kappa shape index (κ2) is 8.39. The minimum atomic E-state index is -3.75. The number of carbonyl (C=O) groups excluding carboxylic acids is 2. The summed E-state index contributed by atoms with van der Waals surface area (Å²) in [5.41, 5.74) is 0.663. The van der Waals surface area contributed by atoms with Crippen molar-refractivity contribution in [2.45, 2.75) is 11.3 Å². The van der Waals surface area contributed by atoms with Gasteiger partial charge in [0.1, 0.15) is 17.2 Å². The van der Waals surface area contributed by atoms with Crippen molar-refractivity contribution in [3.63, 3.8) is 0 Å². The van der Waals surface area contributed by atoms with E-state index < -0.39 is 21.5 Å². The normalized spacial score (nSPS) is 13.0. The lowest BCUT2D eigenvalue weighted by molar-refractivity contribution is -0.118. The van der Waals surface area contributed by atoms with Crippen LogP contribution in [-0.4, -0.2) is 46.8 Å². The predicted octanol–water partition coefficient (Wildman–Crippen LogP) is 1.84. The second-order valence-corrected chi connectivity index (χ2v) is 8.29. The van der Waals surface area contributed by atoms with Crippen LogP contribution in [0, 0.1) is 0 Å². The van der Waals surface area contributed by atoms with E-state index in [2.05, 4.69) is 10.6 Å². The summed E-state index contributed by atoms with van der Waals surface area (Å²) in [6, 6.07) is 9.08. The Morgan fingerprint density at radius 2 is 1.97 bits per heavy atom. The van der Waals surface area contributed by atoms with Crippen molar-refractivity contribution in [1.29, 1.82) is 0 Å². The molecule has 0 bridgehead atoms. The monoisotopic (exact) mass is 420 g/mol. The molecule has 2 aromatic rings. The third kappa shape index (κ3) is 4.77. The maximum atomic E-state index is 12.6. The van der Waals surface area contributed by atoms with Gasteiger partial charge in [-0.05, 0) is 30.3 Å². The molecule has 0 aromatic heterocycles. The molecule has 0 spiro atoms. The number of sulfone groups is 1. The molecule has 10 heteroatoms. The molecule has 9 nitrogen and oxygen atoms in total. The first-order valence-corrected chi connectivity index (χ1v) is 10.3. The van der Waals surface area contributed by atoms with Crippen LogP contribution in [0.3, 0.4) is 0 Å². The third-order valence-electron chi connectivity index (χ3n) is 4.22. The first-order valence-electron chi connectivity index (χ1n) is 8.64. The van der Waals surface area contributed by atoms with E-state index in [4.69, 9.17) is 14.2 Å². The summed E-state index contributed by atoms with van der Waals surface area (Å²) in [7, 11) is -0.800. The maximum Gasteiger partial charge on any atom is 0.262 e. The van der Waals surface area contributed by atoms with Crippen molar-refractivity contribution in [3.05, 3.63) is 36.4 Å². The summed E-state index contributed by atoms with van der Waals surface area (Å²) < 4.78 is 40.7. The number of hydrogen-bond acceptors (Lipinski definition) is 7. The number of rotatable bonds is 7. The number of carbonyl (C=O) groups is 2. The number of nitrogens with one attached hydrogen (secondary N) is 2. The molecular weight excluding hydrogens is 400 g/mol. The molecule has 0 unspecified atom stereocenters. The van der Waals surface area contributed by atoms with E-state index in [0.717, 1.165) is 0 Å². The number of methoxy groups -OCH3 is 2. The quantitative estimate of drug-likeness (QED) is 0.701. The number of fused-ring (bicyclic) bond motifs is 1. The molecule has 29 heavy (non-hydrogen) atoms. The first-order chi connectivity index (χ1) is 13.8. The van der Waals surface area contributed by atoms with Gasteiger partial charge in [-0.1, -0.05) is 0 Å². The van der Waals surface area contributed by atoms with Crippen LogP contribution < -0.4 is 24.8 Å². The Bertz CT molecular complexity index is 1050. The van der Waals surface area contributed by atoms with Gasteiger partial charge in [-0.3, -0.25) is 9.59 Å². The number of anilines is 2. The summed E-state index contributed by atoms with van der Waals surface area (Å²) in [5, 5.41) is 5.19. The van der Waals surface area contributed by atoms with E-state index in [1.54, 1.807) is 18.2 Å². The van der Waals surface area contributed by atoms with Gasteiger partial charge in [-0.2, -0.15) is 0 Å². The third-order valence-corrected chi connectivity index (χ3v) is 5.94. The number of ether oxygens (including phenoxy) is 3. The molecule has 1 aliphatic rings. The predicted molar refractivity (Wildman–Crippen MR) is 105 cm³/mol. The van der Waals surface area contributed by atoms with Crippen LogP contribution in [0.25, 0.3) is 0 Å². The highest BCUT2D eigenvalue weighted by Crippen LogP contribution is 2.31. The molecule has 2 aromatic carbocycles. The maximum absolute atomic E-state index is 12.6. The summed E-state index contributed by atoms with van der Waals surface area (Å²) in [6.07, 6.45) is -0.261. The molecule has 2 N–H and O–H groups in total. The van der Waals surface area contributed by atoms with Crippen molar-refractivity contribution in [2.75, 3.05) is 37.2 Å². The highest BCUT2D eigenvalue weighted by molar-refractivity contribution is 7.91. The Balaban J connectivity index is 1.68. The second-order valence-electron chi connectivity index (χ2n) is 6.18. The van der Waals surface area contributed by atoms with E-state index in [1.807, 2.05) is 0 Å². The molecular formula is C19H20N2O7S. The van der Waals surface area contributed by atoms with Crippen LogP contribution in [0.15, 0.2) is 41.3 Å². The average Bonchev–Trinajstić information content (AvgIpc) is 2.71. The molecule has 3 rings (SSSR count). The average molecular weight is 420 g/mol. The van der Waals surface area contributed by atoms with Crippen molar-refractivity contribution in [2.24, 2.45) is 0 Å². The Morgan fingerprint density at radius 3 is 2.69 bits per heavy atom. The molecule has 0 saturated heterocycles. The molecule has 0 radical (unpaired) electrons. The summed E-state index contributed by atoms with van der Waals surface area (Å²) in [6.45, 7) is -0.118. The number of amides is 2. The van der Waals surface area contributed by atoms with Crippen LogP contribution >= 0.6 is 0 Å². The topological polar surface area (TPSA) is 120 Å². The standard InChI is InChI=1S/C19H20N2O7S/c1-26-12-3-5-16(27-2)14(9-12)20-18(22)7-8-29(24,25)13-4-6-17-15(10-13)21-19(23)11-28-17/h3-6,9-10H,7-8,11H2,1-2H3,(H,20,22)(H,21,23). The van der Waals surface area contributed by atoms with Gasteiger partial charge in [0, 0.05) is 12.5 Å². The number of hydrogen-bond donors (Lipinski definition) is 2. The summed E-state index contributed by atoms with van der Waals surface area (Å²) in [4.78, 5) is 23.7. The minimum absolute atomic E-state index is 0.00573. The Hall–Kier alpha value is -3.27. The molecule has 0 saturated carbocycles. The Kier molecular flexibility index (Phi) is 5.92. The lowest BCUT2D eigenvalue weighted by atomic mass is 10.2. The van der Waals surface area contributed by atoms with Gasteiger partial charge < -0.3 is 24.8 Å². The van der Waals surface area contributed by atoms with E-state index in [1.165, 1.54) is 32.4 Å². The SMILES string of the molecule is COc1ccc(OC)c(NC(=O)CCS(=O)(=O)c2ccc3c(c2)NC(=O)CO3)c1. The fraction of sp³-hybridized carbons (Fsp3) is 0.263. The van der Waals surface area contributed by atoms with Gasteiger partial charge in [0.25, 0.3) is 5.91 Å². The van der Waals surface area contributed by atoms with Crippen molar-refractivity contribution < 1.29 is 32.2 Å². The molecule has 2 amide bonds. The zero-order chi connectivity index (χ0) is 21.0. The minimum Gasteiger partial charge on any atom is -0.497 e. The summed E-state index contributed by atoms with van der Waals surface area (Å²) >= 11 is 0. The van der Waals surface area contributed by atoms with Crippen LogP contribution in [0.4, 0.5) is 11.4 Å². The van der Waals surface area contributed by atoms with Gasteiger partial charge in [-0.15, -0.1) is 0 Å². The smallest absolute Gasteiger partial charge is 0.262 e. The Labute approximate surface area is 167 Å². The first kappa shape index (κ1) is 20.5. The van der Waals surface area contributed by atoms with Crippen molar-refractivity contribution >= 4 is 33.0 Å². The molecule has 0 fully saturated rings. The lowest BCUT2D eigenvalue weighted by Crippen LogP contribution is -2.25. The van der Waals surface area contributed by atoms with Gasteiger partial charge in [0.2, 0.25) is 5.91 Å². The van der Waals surface area contributed by atoms with Gasteiger partial charge in [0.15, 0.2) is 16.4 Å². The number of benzene rings is 2. The highest BCUT2D eigenvalue weighted by Gasteiger charge is 2.22. The molecule has 154 valence electrons. The van der Waals surface area contributed by atoms with Gasteiger partial charge in [-0.25, -0.2) is 8.42 Å². The largest absolute Gasteiger partial charge is 0.497 e. The molecule has 1 aliphatic heterocycles. The van der Waals surface area contributed by atoms with Crippen molar-refractivity contribution in [1.82, 2.24) is 0 Å². The molecule has 1 heterocycles. The van der Waals surface area contributed by atoms with E-state index in [0.29, 0.717) is 22.9 Å². The summed E-state index contributed by atoms with van der Waals surface area (Å²) in [5.74, 6) is 0.0814. The van der Waals surface area contributed by atoms with Crippen LogP contribution in [0.1, 0.15) is 6.42 Å². The zero-order valence-electron chi connectivity index (χ0n) is 15.9. The highest BCUT2D eigenvalue weighted by atomic mass is 32.2.